The summed E-state index contributed by atoms with van der Waals surface area (Å²) in [4.78, 5) is 0. The minimum atomic E-state index is -0.122. The van der Waals surface area contributed by atoms with Crippen molar-refractivity contribution in [3.63, 3.8) is 0 Å². The van der Waals surface area contributed by atoms with Crippen molar-refractivity contribution in [2.45, 2.75) is 13.5 Å². The van der Waals surface area contributed by atoms with Gasteiger partial charge in [0.25, 0.3) is 0 Å². The van der Waals surface area contributed by atoms with Gasteiger partial charge in [-0.15, -0.1) is 74.8 Å². The van der Waals surface area contributed by atoms with Crippen LogP contribution in [0.2, 0.25) is 6.55 Å². The van der Waals surface area contributed by atoms with Gasteiger partial charge in [0.05, 0.1) is 0 Å². The summed E-state index contributed by atoms with van der Waals surface area (Å²) < 4.78 is 0. The minimum Gasteiger partial charge on any atom is -0.156 e. The fourth-order valence-corrected chi connectivity index (χ4v) is 5.82. The molecule has 6 aromatic rings. The second-order valence-electron chi connectivity index (χ2n) is 7.91. The maximum atomic E-state index is 2.35. The van der Waals surface area contributed by atoms with Crippen LogP contribution < -0.4 is 5.19 Å². The fourth-order valence-electron chi connectivity index (χ4n) is 3.90. The molecule has 6 rings (SSSR count). The van der Waals surface area contributed by atoms with Gasteiger partial charge in [0.2, 0.25) is 0 Å². The molecule has 0 unspecified atom stereocenters. The molecule has 0 heterocycles. The average molecular weight is 506 g/mol. The van der Waals surface area contributed by atoms with Crippen LogP contribution in [0.1, 0.15) is 5.56 Å². The smallest absolute Gasteiger partial charge is 0.0771 e. The van der Waals surface area contributed by atoms with E-state index in [2.05, 4.69) is 135 Å². The van der Waals surface area contributed by atoms with Crippen molar-refractivity contribution in [2.24, 2.45) is 0 Å². The van der Waals surface area contributed by atoms with Gasteiger partial charge in [0.1, 0.15) is 0 Å². The fraction of sp³-hybridized carbons (Fsp3) is 0.0667. The predicted octanol–water partition coefficient (Wildman–Crippen LogP) is 7.64. The van der Waals surface area contributed by atoms with Crippen LogP contribution in [-0.2, 0) is 23.3 Å². The van der Waals surface area contributed by atoms with Crippen molar-refractivity contribution in [3.8, 4) is 0 Å². The predicted molar refractivity (Wildman–Crippen MR) is 139 cm³/mol. The van der Waals surface area contributed by atoms with E-state index in [4.69, 9.17) is 0 Å². The number of fused-ring (bicyclic) bond motifs is 4. The first-order chi connectivity index (χ1) is 15.6. The summed E-state index contributed by atoms with van der Waals surface area (Å²) in [6.45, 7) is 4.49. The van der Waals surface area contributed by atoms with Gasteiger partial charge in [-0.25, -0.2) is 0 Å². The molecule has 0 aliphatic carbocycles. The molecule has 0 bridgehead atoms. The summed E-state index contributed by atoms with van der Waals surface area (Å²) in [5.41, 5.74) is 1.25. The molecule has 0 N–H and O–H groups in total. The first kappa shape index (κ1) is 22.6. The Morgan fingerprint density at radius 1 is 0.594 bits per heavy atom. The van der Waals surface area contributed by atoms with Gasteiger partial charge < -0.3 is 0 Å². The number of hydrogen-bond acceptors (Lipinski definition) is 0. The second-order valence-corrected chi connectivity index (χ2v) is 15.3. The van der Waals surface area contributed by atoms with Crippen LogP contribution in [0.4, 0.5) is 0 Å². The zero-order valence-electron chi connectivity index (χ0n) is 18.5. The van der Waals surface area contributed by atoms with Crippen LogP contribution in [0.15, 0.2) is 121 Å². The Morgan fingerprint density at radius 2 is 1.06 bits per heavy atom. The summed E-state index contributed by atoms with van der Waals surface area (Å²) in [5.74, 6) is 0. The van der Waals surface area contributed by atoms with E-state index in [1.807, 2.05) is 0 Å². The summed E-state index contributed by atoms with van der Waals surface area (Å²) >= 11 is 1.69. The van der Waals surface area contributed by atoms with Crippen LogP contribution in [0.5, 0.6) is 0 Å². The summed E-state index contributed by atoms with van der Waals surface area (Å²) in [5, 5.41) is 9.67. The minimum absolute atomic E-state index is 0.122. The molecule has 0 aliphatic rings. The van der Waals surface area contributed by atoms with Crippen LogP contribution >= 0.6 is 0 Å². The number of aryl methyl sites for hydroxylation is 1. The van der Waals surface area contributed by atoms with E-state index >= 15 is 0 Å². The molecule has 0 nitrogen and oxygen atoms in total. The standard InChI is InChI=1S/C13H9.C10H9.C7H8Si.Zr/c1-3-7-12-10(5-1)9-11-6-2-4-8-13(11)12;1-8-6-7-9-4-2-3-5-10(8)9;1-8-7-5-3-2-4-6-7;/h1-9H;2-7H,1H3;2-6H,1H3;/q2*-1;;+2. The zero-order valence-corrected chi connectivity index (χ0v) is 22.0. The monoisotopic (exact) mass is 504 g/mol. The van der Waals surface area contributed by atoms with E-state index in [-0.39, 0.29) is 5.43 Å². The Morgan fingerprint density at radius 3 is 1.56 bits per heavy atom. The molecular formula is C30H26SiZr. The molecule has 0 atom stereocenters. The molecule has 32 heavy (non-hydrogen) atoms. The largest absolute Gasteiger partial charge is 0.156 e. The van der Waals surface area contributed by atoms with Crippen molar-refractivity contribution in [1.29, 1.82) is 0 Å². The van der Waals surface area contributed by atoms with E-state index in [1.54, 1.807) is 28.5 Å². The normalized spacial score (nSPS) is 10.4. The van der Waals surface area contributed by atoms with E-state index in [0.29, 0.717) is 0 Å². The Hall–Kier alpha value is -2.54. The number of rotatable bonds is 1. The molecule has 0 spiro atoms. The molecule has 6 aromatic carbocycles. The summed E-state index contributed by atoms with van der Waals surface area (Å²) in [6, 6.07) is 42.8. The average Bonchev–Trinajstić information content (AvgIpc) is 3.41. The van der Waals surface area contributed by atoms with Crippen molar-refractivity contribution in [1.82, 2.24) is 0 Å². The summed E-state index contributed by atoms with van der Waals surface area (Å²) in [7, 11) is 0. The number of benzene rings is 4. The number of hydrogen-bond donors (Lipinski definition) is 0. The van der Waals surface area contributed by atoms with Crippen molar-refractivity contribution in [2.75, 3.05) is 0 Å². The molecule has 0 amide bonds. The van der Waals surface area contributed by atoms with Crippen LogP contribution in [-0.4, -0.2) is 5.43 Å². The molecule has 0 fully saturated rings. The SMILES string of the molecule is C[Si](=[Zr+2])c1ccccc1.Cc1c[cH-]c2ccccc12.c1ccc2c(c1)[cH-]c1ccccc12. The Kier molecular flexibility index (Phi) is 7.68. The van der Waals surface area contributed by atoms with Crippen molar-refractivity contribution in [3.05, 3.63) is 127 Å². The quantitative estimate of drug-likeness (QED) is 0.159. The molecule has 0 saturated carbocycles. The zero-order chi connectivity index (χ0) is 22.3. The molecule has 0 aliphatic heterocycles. The van der Waals surface area contributed by atoms with Crippen LogP contribution in [0, 0.1) is 6.92 Å². The Bertz CT molecular complexity index is 1400. The van der Waals surface area contributed by atoms with Gasteiger partial charge in [-0.2, -0.15) is 11.6 Å². The maximum Gasteiger partial charge on any atom is -0.0771 e. The van der Waals surface area contributed by atoms with Gasteiger partial charge in [0, 0.05) is 0 Å². The molecule has 0 radical (unpaired) electrons. The molecule has 154 valence electrons. The van der Waals surface area contributed by atoms with Crippen LogP contribution in [0.3, 0.4) is 0 Å². The first-order valence-electron chi connectivity index (χ1n) is 10.9. The van der Waals surface area contributed by atoms with Gasteiger partial charge >= 0.3 is 70.8 Å². The molecule has 0 aromatic heterocycles. The van der Waals surface area contributed by atoms with E-state index in [0.717, 1.165) is 0 Å². The third-order valence-electron chi connectivity index (χ3n) is 5.63. The van der Waals surface area contributed by atoms with E-state index < -0.39 is 0 Å². The Balaban J connectivity index is 0.000000118. The van der Waals surface area contributed by atoms with E-state index in [1.165, 1.54) is 37.9 Å². The van der Waals surface area contributed by atoms with Crippen molar-refractivity contribution < 1.29 is 23.3 Å². The topological polar surface area (TPSA) is 0 Å². The summed E-state index contributed by atoms with van der Waals surface area (Å²) in [6.07, 6.45) is 0. The van der Waals surface area contributed by atoms with Gasteiger partial charge in [0.15, 0.2) is 0 Å². The molecule has 0 saturated heterocycles. The first-order valence-corrected chi connectivity index (χ1v) is 16.6. The van der Waals surface area contributed by atoms with Crippen LogP contribution in [0.25, 0.3) is 32.3 Å². The third kappa shape index (κ3) is 5.44. The third-order valence-corrected chi connectivity index (χ3v) is 8.96. The van der Waals surface area contributed by atoms with E-state index in [9.17, 15) is 0 Å². The van der Waals surface area contributed by atoms with Gasteiger partial charge in [-0.05, 0) is 0 Å². The Labute approximate surface area is 205 Å². The van der Waals surface area contributed by atoms with Gasteiger partial charge in [-0.3, -0.25) is 0 Å². The van der Waals surface area contributed by atoms with Crippen molar-refractivity contribution >= 4 is 42.9 Å². The molecule has 2 heteroatoms. The molecular weight excluding hydrogens is 480 g/mol. The maximum absolute atomic E-state index is 2.35. The second kappa shape index (κ2) is 10.9. The van der Waals surface area contributed by atoms with Gasteiger partial charge in [-0.1, -0.05) is 49.4 Å².